The number of nitrogens with zero attached hydrogens (tertiary/aromatic N) is 3. The highest BCUT2D eigenvalue weighted by molar-refractivity contribution is 7.85. The summed E-state index contributed by atoms with van der Waals surface area (Å²) < 4.78 is 35.4. The van der Waals surface area contributed by atoms with Crippen molar-refractivity contribution in [2.45, 2.75) is 37.7 Å². The Balaban J connectivity index is 0.000000215. The number of H-pyrrole nitrogens is 1. The van der Waals surface area contributed by atoms with Crippen LogP contribution < -0.4 is 0 Å². The molecule has 0 spiro atoms. The second-order valence-corrected chi connectivity index (χ2v) is 12.1. The van der Waals surface area contributed by atoms with Gasteiger partial charge in [-0.15, -0.1) is 11.3 Å². The van der Waals surface area contributed by atoms with Crippen molar-refractivity contribution in [2.24, 2.45) is 5.92 Å². The third-order valence-corrected chi connectivity index (χ3v) is 8.63. The Hall–Kier alpha value is -3.12. The quantitative estimate of drug-likeness (QED) is 0.287. The molecule has 0 radical (unpaired) electrons. The molecule has 2 N–H and O–H groups in total. The van der Waals surface area contributed by atoms with E-state index in [2.05, 4.69) is 20.1 Å². The molecule has 3 fully saturated rings. The minimum atomic E-state index is -4.02. The van der Waals surface area contributed by atoms with Crippen molar-refractivity contribution in [2.75, 3.05) is 19.6 Å². The van der Waals surface area contributed by atoms with E-state index in [0.29, 0.717) is 11.6 Å². The first-order chi connectivity index (χ1) is 17.7. The molecule has 37 heavy (non-hydrogen) atoms. The number of aromatic nitrogens is 3. The van der Waals surface area contributed by atoms with Gasteiger partial charge >= 0.3 is 5.97 Å². The number of benzene rings is 2. The molecule has 1 atom stereocenters. The molecule has 3 saturated heterocycles. The molecular weight excluding hydrogens is 512 g/mol. The number of rotatable bonds is 4. The van der Waals surface area contributed by atoms with Crippen LogP contribution in [0.4, 0.5) is 0 Å². The van der Waals surface area contributed by atoms with Gasteiger partial charge < -0.3 is 4.74 Å². The zero-order valence-electron chi connectivity index (χ0n) is 20.5. The molecule has 0 amide bonds. The summed E-state index contributed by atoms with van der Waals surface area (Å²) in [5.74, 6) is 0.168. The zero-order valence-corrected chi connectivity index (χ0v) is 22.2. The van der Waals surface area contributed by atoms with Crippen LogP contribution in [0.3, 0.4) is 0 Å². The van der Waals surface area contributed by atoms with Crippen molar-refractivity contribution < 1.29 is 22.5 Å². The van der Waals surface area contributed by atoms with Crippen LogP contribution in [0.1, 0.15) is 33.8 Å². The smallest absolute Gasteiger partial charge is 0.359 e. The van der Waals surface area contributed by atoms with Crippen molar-refractivity contribution >= 4 is 38.3 Å². The van der Waals surface area contributed by atoms with Gasteiger partial charge in [-0.05, 0) is 70.0 Å². The Morgan fingerprint density at radius 3 is 2.46 bits per heavy atom. The van der Waals surface area contributed by atoms with E-state index < -0.39 is 10.1 Å². The van der Waals surface area contributed by atoms with E-state index in [4.69, 9.17) is 9.29 Å². The van der Waals surface area contributed by atoms with Crippen molar-refractivity contribution in [3.05, 3.63) is 64.8 Å². The maximum atomic E-state index is 12.7. The molecular formula is C26H28N4O5S2. The lowest BCUT2D eigenvalue weighted by Crippen LogP contribution is -2.51. The van der Waals surface area contributed by atoms with E-state index in [1.54, 1.807) is 23.5 Å². The third kappa shape index (κ3) is 5.74. The van der Waals surface area contributed by atoms with Crippen LogP contribution >= 0.6 is 11.3 Å². The number of carbonyl (C=O) groups is 1. The second kappa shape index (κ2) is 10.3. The molecule has 9 nitrogen and oxygen atoms in total. The lowest BCUT2D eigenvalue weighted by Gasteiger charge is -2.43. The normalized spacial score (nSPS) is 20.9. The molecule has 2 aromatic carbocycles. The summed E-state index contributed by atoms with van der Waals surface area (Å²) in [6.45, 7) is 6.99. The molecule has 0 saturated carbocycles. The number of thiazole rings is 1. The van der Waals surface area contributed by atoms with Gasteiger partial charge in [0.05, 0.1) is 10.4 Å². The summed E-state index contributed by atoms with van der Waals surface area (Å²) >= 11 is 1.65. The Morgan fingerprint density at radius 2 is 1.86 bits per heavy atom. The van der Waals surface area contributed by atoms with Gasteiger partial charge in [-0.25, -0.2) is 9.78 Å². The fourth-order valence-corrected chi connectivity index (χ4v) is 5.98. The topological polar surface area (TPSA) is 125 Å². The van der Waals surface area contributed by atoms with Gasteiger partial charge in [0.15, 0.2) is 5.69 Å². The van der Waals surface area contributed by atoms with Crippen molar-refractivity contribution in [3.8, 4) is 10.6 Å². The summed E-state index contributed by atoms with van der Waals surface area (Å²) in [5, 5.41) is 8.97. The Labute approximate surface area is 219 Å². The monoisotopic (exact) mass is 540 g/mol. The minimum absolute atomic E-state index is 0.00526. The molecule has 5 heterocycles. The van der Waals surface area contributed by atoms with E-state index in [1.165, 1.54) is 17.0 Å². The molecule has 4 aromatic rings. The number of hydrogen-bond acceptors (Lipinski definition) is 8. The van der Waals surface area contributed by atoms with Crippen LogP contribution in [-0.4, -0.2) is 64.8 Å². The van der Waals surface area contributed by atoms with Crippen molar-refractivity contribution in [1.29, 1.82) is 0 Å². The van der Waals surface area contributed by atoms with E-state index in [0.717, 1.165) is 59.5 Å². The van der Waals surface area contributed by atoms with Gasteiger partial charge in [-0.1, -0.05) is 23.8 Å². The SMILES string of the molecule is Cc1ccc(S(=O)(=O)O)cc1.Cc1cnc(-c2ccc3c(C(=O)OC4CN5CCC4CC5)n[nH]c3c2)s1. The summed E-state index contributed by atoms with van der Waals surface area (Å²) in [4.78, 5) is 20.6. The Kier molecular flexibility index (Phi) is 7.13. The molecule has 2 bridgehead atoms. The number of aryl methyl sites for hydroxylation is 2. The van der Waals surface area contributed by atoms with E-state index in [-0.39, 0.29) is 17.0 Å². The van der Waals surface area contributed by atoms with E-state index >= 15 is 0 Å². The minimum Gasteiger partial charge on any atom is -0.456 e. The Bertz CT molecular complexity index is 1520. The number of ether oxygens (including phenoxy) is 1. The van der Waals surface area contributed by atoms with Crippen LogP contribution in [0, 0.1) is 19.8 Å². The van der Waals surface area contributed by atoms with Crippen molar-refractivity contribution in [3.63, 3.8) is 0 Å². The van der Waals surface area contributed by atoms with Crippen LogP contribution in [-0.2, 0) is 14.9 Å². The fourth-order valence-electron chi connectivity index (χ4n) is 4.74. The van der Waals surface area contributed by atoms with Crippen LogP contribution in [0.2, 0.25) is 0 Å². The highest BCUT2D eigenvalue weighted by Gasteiger charge is 2.37. The summed E-state index contributed by atoms with van der Waals surface area (Å²) in [6.07, 6.45) is 4.11. The third-order valence-electron chi connectivity index (χ3n) is 6.80. The van der Waals surface area contributed by atoms with Gasteiger partial charge in [-0.3, -0.25) is 14.6 Å². The van der Waals surface area contributed by atoms with Gasteiger partial charge in [0, 0.05) is 28.6 Å². The second-order valence-electron chi connectivity index (χ2n) is 9.48. The van der Waals surface area contributed by atoms with Gasteiger partial charge in [-0.2, -0.15) is 13.5 Å². The highest BCUT2D eigenvalue weighted by Crippen LogP contribution is 2.31. The lowest BCUT2D eigenvalue weighted by atomic mass is 9.86. The first-order valence-corrected chi connectivity index (χ1v) is 14.3. The summed E-state index contributed by atoms with van der Waals surface area (Å²) in [7, 11) is -4.02. The van der Waals surface area contributed by atoms with Crippen LogP contribution in [0.25, 0.3) is 21.5 Å². The number of hydrogen-bond donors (Lipinski definition) is 2. The van der Waals surface area contributed by atoms with E-state index in [1.807, 2.05) is 38.2 Å². The molecule has 3 aliphatic rings. The summed E-state index contributed by atoms with van der Waals surface area (Å²) in [6, 6.07) is 11.9. The maximum absolute atomic E-state index is 12.7. The zero-order chi connectivity index (χ0) is 26.2. The largest absolute Gasteiger partial charge is 0.456 e. The molecule has 194 valence electrons. The average molecular weight is 541 g/mol. The molecule has 1 unspecified atom stereocenters. The van der Waals surface area contributed by atoms with Gasteiger partial charge in [0.2, 0.25) is 0 Å². The van der Waals surface area contributed by atoms with Gasteiger partial charge in [0.25, 0.3) is 10.1 Å². The molecule has 7 rings (SSSR count). The molecule has 11 heteroatoms. The molecule has 2 aromatic heterocycles. The van der Waals surface area contributed by atoms with Gasteiger partial charge in [0.1, 0.15) is 11.1 Å². The predicted octanol–water partition coefficient (Wildman–Crippen LogP) is 4.49. The number of carbonyl (C=O) groups excluding carboxylic acids is 1. The molecule has 3 aliphatic heterocycles. The van der Waals surface area contributed by atoms with E-state index in [9.17, 15) is 13.2 Å². The average Bonchev–Trinajstić information content (AvgIpc) is 3.51. The maximum Gasteiger partial charge on any atom is 0.359 e. The number of aromatic amines is 1. The fraction of sp³-hybridized carbons (Fsp3) is 0.346. The lowest BCUT2D eigenvalue weighted by molar-refractivity contribution is -0.0458. The van der Waals surface area contributed by atoms with Crippen LogP contribution in [0.15, 0.2) is 53.6 Å². The number of nitrogens with one attached hydrogen (secondary N) is 1. The standard InChI is InChI=1S/C19H20N4O2S.C7H8O3S/c1-11-9-20-18(26-11)13-2-3-14-15(8-13)21-22-17(14)19(24)25-16-10-23-6-4-12(16)5-7-23;1-6-2-4-7(5-3-6)11(8,9)10/h2-3,8-9,12,16H,4-7,10H2,1H3,(H,21,22);2-5H,1H3,(H,8,9,10). The first kappa shape index (κ1) is 25.5. The number of esters is 1. The Morgan fingerprint density at radius 1 is 1.14 bits per heavy atom. The predicted molar refractivity (Wildman–Crippen MR) is 141 cm³/mol. The summed E-state index contributed by atoms with van der Waals surface area (Å²) in [5.41, 5.74) is 3.18. The molecule has 0 aliphatic carbocycles. The van der Waals surface area contributed by atoms with Crippen LogP contribution in [0.5, 0.6) is 0 Å². The number of piperidine rings is 3. The number of fused-ring (bicyclic) bond motifs is 4. The first-order valence-electron chi connectivity index (χ1n) is 12.1. The van der Waals surface area contributed by atoms with Crippen molar-refractivity contribution in [1.82, 2.24) is 20.1 Å². The highest BCUT2D eigenvalue weighted by atomic mass is 32.2.